The van der Waals surface area contributed by atoms with Crippen molar-refractivity contribution >= 4 is 0 Å². The van der Waals surface area contributed by atoms with E-state index in [1.54, 1.807) is 7.11 Å². The zero-order valence-corrected chi connectivity index (χ0v) is 9.21. The van der Waals surface area contributed by atoms with Crippen LogP contribution in [0.2, 0.25) is 0 Å². The summed E-state index contributed by atoms with van der Waals surface area (Å²) in [6.45, 7) is 3.87. The first-order valence-corrected chi connectivity index (χ1v) is 4.98. The SMILES string of the molecule is CNCC(COC)c1ccccc1C. The molecule has 0 aromatic heterocycles. The number of likely N-dealkylation sites (N-methyl/N-ethyl adjacent to an activating group) is 1. The fourth-order valence-electron chi connectivity index (χ4n) is 1.75. The van der Waals surface area contributed by atoms with Crippen molar-refractivity contribution in [1.82, 2.24) is 5.32 Å². The van der Waals surface area contributed by atoms with Crippen LogP contribution in [0, 0.1) is 6.92 Å². The van der Waals surface area contributed by atoms with E-state index < -0.39 is 0 Å². The van der Waals surface area contributed by atoms with Crippen LogP contribution in [0.15, 0.2) is 24.3 Å². The molecule has 1 unspecified atom stereocenters. The second-order valence-electron chi connectivity index (χ2n) is 3.57. The Balaban J connectivity index is 2.81. The van der Waals surface area contributed by atoms with Gasteiger partial charge in [0.1, 0.15) is 0 Å². The molecule has 0 aliphatic rings. The standard InChI is InChI=1S/C12H19NO/c1-10-6-4-5-7-12(10)11(8-13-2)9-14-3/h4-7,11,13H,8-9H2,1-3H3. The number of nitrogens with one attached hydrogen (secondary N) is 1. The van der Waals surface area contributed by atoms with Gasteiger partial charge in [0.15, 0.2) is 0 Å². The molecule has 1 atom stereocenters. The molecule has 1 aromatic rings. The molecule has 78 valence electrons. The molecule has 2 nitrogen and oxygen atoms in total. The molecule has 0 fully saturated rings. The third-order valence-corrected chi connectivity index (χ3v) is 2.45. The minimum Gasteiger partial charge on any atom is -0.384 e. The van der Waals surface area contributed by atoms with Gasteiger partial charge >= 0.3 is 0 Å². The summed E-state index contributed by atoms with van der Waals surface area (Å²) >= 11 is 0. The van der Waals surface area contributed by atoms with Gasteiger partial charge in [-0.25, -0.2) is 0 Å². The monoisotopic (exact) mass is 193 g/mol. The van der Waals surface area contributed by atoms with Crippen molar-refractivity contribution in [1.29, 1.82) is 0 Å². The molecule has 0 aliphatic carbocycles. The van der Waals surface area contributed by atoms with Crippen LogP contribution in [0.3, 0.4) is 0 Å². The second-order valence-corrected chi connectivity index (χ2v) is 3.57. The quantitative estimate of drug-likeness (QED) is 0.771. The lowest BCUT2D eigenvalue weighted by Crippen LogP contribution is -2.21. The fourth-order valence-corrected chi connectivity index (χ4v) is 1.75. The average molecular weight is 193 g/mol. The molecule has 0 amide bonds. The van der Waals surface area contributed by atoms with Gasteiger partial charge < -0.3 is 10.1 Å². The molecule has 1 aromatic carbocycles. The molecular weight excluding hydrogens is 174 g/mol. The number of rotatable bonds is 5. The van der Waals surface area contributed by atoms with Crippen LogP contribution in [-0.4, -0.2) is 27.3 Å². The van der Waals surface area contributed by atoms with Crippen LogP contribution in [0.1, 0.15) is 17.0 Å². The second kappa shape index (κ2) is 5.78. The van der Waals surface area contributed by atoms with Crippen molar-refractivity contribution in [3.8, 4) is 0 Å². The average Bonchev–Trinajstić information content (AvgIpc) is 2.18. The van der Waals surface area contributed by atoms with Crippen molar-refractivity contribution in [2.75, 3.05) is 27.3 Å². The van der Waals surface area contributed by atoms with Crippen molar-refractivity contribution in [2.24, 2.45) is 0 Å². The topological polar surface area (TPSA) is 21.3 Å². The van der Waals surface area contributed by atoms with E-state index in [1.807, 2.05) is 7.05 Å². The minimum absolute atomic E-state index is 0.450. The highest BCUT2D eigenvalue weighted by Gasteiger charge is 2.11. The van der Waals surface area contributed by atoms with E-state index >= 15 is 0 Å². The first-order chi connectivity index (χ1) is 6.79. The number of benzene rings is 1. The normalized spacial score (nSPS) is 12.8. The highest BCUT2D eigenvalue weighted by Crippen LogP contribution is 2.19. The largest absolute Gasteiger partial charge is 0.384 e. The highest BCUT2D eigenvalue weighted by molar-refractivity contribution is 5.29. The summed E-state index contributed by atoms with van der Waals surface area (Å²) in [4.78, 5) is 0. The van der Waals surface area contributed by atoms with Gasteiger partial charge in [0.05, 0.1) is 6.61 Å². The highest BCUT2D eigenvalue weighted by atomic mass is 16.5. The van der Waals surface area contributed by atoms with Crippen LogP contribution in [0.5, 0.6) is 0 Å². The van der Waals surface area contributed by atoms with E-state index in [2.05, 4.69) is 36.5 Å². The Hall–Kier alpha value is -0.860. The first kappa shape index (κ1) is 11.2. The summed E-state index contributed by atoms with van der Waals surface area (Å²) in [5.41, 5.74) is 2.72. The third kappa shape index (κ3) is 2.82. The van der Waals surface area contributed by atoms with E-state index in [1.165, 1.54) is 11.1 Å². The van der Waals surface area contributed by atoms with E-state index in [0.717, 1.165) is 13.2 Å². The van der Waals surface area contributed by atoms with Gasteiger partial charge in [0.2, 0.25) is 0 Å². The zero-order valence-electron chi connectivity index (χ0n) is 9.21. The summed E-state index contributed by atoms with van der Waals surface area (Å²) in [6, 6.07) is 8.48. The Morgan fingerprint density at radius 3 is 2.64 bits per heavy atom. The molecule has 0 saturated heterocycles. The fraction of sp³-hybridized carbons (Fsp3) is 0.500. The van der Waals surface area contributed by atoms with Crippen LogP contribution in [0.25, 0.3) is 0 Å². The summed E-state index contributed by atoms with van der Waals surface area (Å²) < 4.78 is 5.23. The maximum absolute atomic E-state index is 5.23. The molecule has 1 rings (SSSR count). The van der Waals surface area contributed by atoms with Crippen molar-refractivity contribution in [3.63, 3.8) is 0 Å². The third-order valence-electron chi connectivity index (χ3n) is 2.45. The lowest BCUT2D eigenvalue weighted by Gasteiger charge is -2.18. The molecule has 0 spiro atoms. The van der Waals surface area contributed by atoms with Crippen molar-refractivity contribution in [2.45, 2.75) is 12.8 Å². The Labute approximate surface area is 86.3 Å². The molecular formula is C12H19NO. The van der Waals surface area contributed by atoms with Crippen LogP contribution < -0.4 is 5.32 Å². The molecule has 0 saturated carbocycles. The number of aryl methyl sites for hydroxylation is 1. The lowest BCUT2D eigenvalue weighted by atomic mass is 9.95. The van der Waals surface area contributed by atoms with Gasteiger partial charge in [0.25, 0.3) is 0 Å². The smallest absolute Gasteiger partial charge is 0.0543 e. The molecule has 14 heavy (non-hydrogen) atoms. The van der Waals surface area contributed by atoms with E-state index in [0.29, 0.717) is 5.92 Å². The summed E-state index contributed by atoms with van der Waals surface area (Å²) in [5.74, 6) is 0.450. The number of hydrogen-bond acceptors (Lipinski definition) is 2. The molecule has 0 heterocycles. The predicted molar refractivity (Wildman–Crippen MR) is 59.7 cm³/mol. The van der Waals surface area contributed by atoms with E-state index in [4.69, 9.17) is 4.74 Å². The van der Waals surface area contributed by atoms with E-state index in [9.17, 15) is 0 Å². The molecule has 0 aliphatic heterocycles. The molecule has 2 heteroatoms. The summed E-state index contributed by atoms with van der Waals surface area (Å²) in [6.07, 6.45) is 0. The van der Waals surface area contributed by atoms with E-state index in [-0.39, 0.29) is 0 Å². The van der Waals surface area contributed by atoms with Gasteiger partial charge in [0, 0.05) is 19.6 Å². The Bertz CT molecular complexity index is 267. The Morgan fingerprint density at radius 1 is 1.36 bits per heavy atom. The Kier molecular flexibility index (Phi) is 4.63. The minimum atomic E-state index is 0.450. The summed E-state index contributed by atoms with van der Waals surface area (Å²) in [5, 5.41) is 3.20. The van der Waals surface area contributed by atoms with Gasteiger partial charge in [-0.1, -0.05) is 24.3 Å². The number of hydrogen-bond donors (Lipinski definition) is 1. The van der Waals surface area contributed by atoms with Crippen LogP contribution >= 0.6 is 0 Å². The maximum Gasteiger partial charge on any atom is 0.0543 e. The summed E-state index contributed by atoms with van der Waals surface area (Å²) in [7, 11) is 3.72. The van der Waals surface area contributed by atoms with Gasteiger partial charge in [-0.15, -0.1) is 0 Å². The number of methoxy groups -OCH3 is 1. The van der Waals surface area contributed by atoms with Crippen LogP contribution in [0.4, 0.5) is 0 Å². The molecule has 0 radical (unpaired) electrons. The molecule has 0 bridgehead atoms. The Morgan fingerprint density at radius 2 is 2.07 bits per heavy atom. The van der Waals surface area contributed by atoms with Gasteiger partial charge in [-0.2, -0.15) is 0 Å². The zero-order chi connectivity index (χ0) is 10.4. The predicted octanol–water partition coefficient (Wildman–Crippen LogP) is 1.94. The van der Waals surface area contributed by atoms with Crippen LogP contribution in [-0.2, 0) is 4.74 Å². The molecule has 1 N–H and O–H groups in total. The number of ether oxygens (including phenoxy) is 1. The van der Waals surface area contributed by atoms with Gasteiger partial charge in [-0.3, -0.25) is 0 Å². The first-order valence-electron chi connectivity index (χ1n) is 4.98. The van der Waals surface area contributed by atoms with Gasteiger partial charge in [-0.05, 0) is 25.1 Å². The maximum atomic E-state index is 5.23. The van der Waals surface area contributed by atoms with Crippen molar-refractivity contribution in [3.05, 3.63) is 35.4 Å². The lowest BCUT2D eigenvalue weighted by molar-refractivity contribution is 0.178. The van der Waals surface area contributed by atoms with Crippen molar-refractivity contribution < 1.29 is 4.74 Å².